The molecule has 2 aromatic rings. The van der Waals surface area contributed by atoms with Gasteiger partial charge in [0.1, 0.15) is 11.6 Å². The molecule has 104 valence electrons. The van der Waals surface area contributed by atoms with E-state index in [2.05, 4.69) is 10.6 Å². The van der Waals surface area contributed by atoms with Gasteiger partial charge in [-0.3, -0.25) is 0 Å². The highest BCUT2D eigenvalue weighted by Crippen LogP contribution is 2.14. The predicted octanol–water partition coefficient (Wildman–Crippen LogP) is 3.94. The summed E-state index contributed by atoms with van der Waals surface area (Å²) in [6.45, 7) is 0.00412. The van der Waals surface area contributed by atoms with Crippen molar-refractivity contribution >= 4 is 23.3 Å². The van der Waals surface area contributed by atoms with Crippen LogP contribution >= 0.6 is 11.6 Å². The molecule has 0 unspecified atom stereocenters. The zero-order chi connectivity index (χ0) is 14.5. The molecule has 0 spiro atoms. The first-order valence-electron chi connectivity index (χ1n) is 5.79. The highest BCUT2D eigenvalue weighted by molar-refractivity contribution is 6.30. The first-order chi connectivity index (χ1) is 9.54. The summed E-state index contributed by atoms with van der Waals surface area (Å²) in [5.74, 6) is -0.949. The van der Waals surface area contributed by atoms with Gasteiger partial charge in [-0.1, -0.05) is 23.7 Å². The number of amides is 2. The van der Waals surface area contributed by atoms with E-state index in [1.165, 1.54) is 36.4 Å². The fraction of sp³-hybridized carbons (Fsp3) is 0.0714. The highest BCUT2D eigenvalue weighted by Gasteiger charge is 2.06. The lowest BCUT2D eigenvalue weighted by Gasteiger charge is -2.08. The monoisotopic (exact) mass is 296 g/mol. The minimum atomic E-state index is -0.551. The van der Waals surface area contributed by atoms with Crippen molar-refractivity contribution in [1.29, 1.82) is 0 Å². The van der Waals surface area contributed by atoms with Crippen molar-refractivity contribution in [2.45, 2.75) is 6.54 Å². The Kier molecular flexibility index (Phi) is 4.53. The van der Waals surface area contributed by atoms with Gasteiger partial charge in [-0.2, -0.15) is 0 Å². The maximum atomic E-state index is 13.5. The minimum absolute atomic E-state index is 0.00412. The molecule has 2 N–H and O–H groups in total. The maximum absolute atomic E-state index is 13.5. The molecule has 2 amide bonds. The van der Waals surface area contributed by atoms with Crippen LogP contribution in [-0.2, 0) is 6.54 Å². The second kappa shape index (κ2) is 6.34. The van der Waals surface area contributed by atoms with Gasteiger partial charge in [0.15, 0.2) is 0 Å². The summed E-state index contributed by atoms with van der Waals surface area (Å²) in [7, 11) is 0. The van der Waals surface area contributed by atoms with Gasteiger partial charge in [-0.05, 0) is 30.3 Å². The topological polar surface area (TPSA) is 41.1 Å². The lowest BCUT2D eigenvalue weighted by atomic mass is 10.2. The van der Waals surface area contributed by atoms with E-state index in [4.69, 9.17) is 11.6 Å². The Balaban J connectivity index is 1.92. The van der Waals surface area contributed by atoms with Crippen molar-refractivity contribution in [3.8, 4) is 0 Å². The van der Waals surface area contributed by atoms with Crippen LogP contribution < -0.4 is 10.6 Å². The summed E-state index contributed by atoms with van der Waals surface area (Å²) < 4.78 is 26.4. The lowest BCUT2D eigenvalue weighted by molar-refractivity contribution is 0.251. The third kappa shape index (κ3) is 3.93. The minimum Gasteiger partial charge on any atom is -0.334 e. The highest BCUT2D eigenvalue weighted by atomic mass is 35.5. The number of nitrogens with one attached hydrogen (secondary N) is 2. The van der Waals surface area contributed by atoms with Gasteiger partial charge in [0.25, 0.3) is 0 Å². The second-order valence-electron chi connectivity index (χ2n) is 4.05. The van der Waals surface area contributed by atoms with E-state index < -0.39 is 17.7 Å². The van der Waals surface area contributed by atoms with Crippen molar-refractivity contribution in [3.05, 3.63) is 64.7 Å². The van der Waals surface area contributed by atoms with Crippen molar-refractivity contribution < 1.29 is 13.6 Å². The average Bonchev–Trinajstić information content (AvgIpc) is 2.37. The number of carbonyl (C=O) groups excluding carboxylic acids is 1. The molecule has 20 heavy (non-hydrogen) atoms. The summed E-state index contributed by atoms with van der Waals surface area (Å²) in [5.41, 5.74) is 0.628. The first-order valence-corrected chi connectivity index (χ1v) is 6.17. The summed E-state index contributed by atoms with van der Waals surface area (Å²) in [6, 6.07) is 9.11. The fourth-order valence-corrected chi connectivity index (χ4v) is 1.74. The zero-order valence-corrected chi connectivity index (χ0v) is 11.0. The van der Waals surface area contributed by atoms with Gasteiger partial charge in [-0.15, -0.1) is 0 Å². The van der Waals surface area contributed by atoms with Crippen LogP contribution in [0.1, 0.15) is 5.56 Å². The Morgan fingerprint density at radius 3 is 2.65 bits per heavy atom. The van der Waals surface area contributed by atoms with E-state index in [-0.39, 0.29) is 11.6 Å². The third-order valence-corrected chi connectivity index (χ3v) is 2.77. The predicted molar refractivity (Wildman–Crippen MR) is 73.7 cm³/mol. The van der Waals surface area contributed by atoms with Crippen LogP contribution in [-0.4, -0.2) is 6.03 Å². The Morgan fingerprint density at radius 1 is 1.15 bits per heavy atom. The van der Waals surface area contributed by atoms with Crippen LogP contribution in [0.5, 0.6) is 0 Å². The molecule has 0 atom stereocenters. The Hall–Kier alpha value is -2.14. The summed E-state index contributed by atoms with van der Waals surface area (Å²) >= 11 is 5.63. The molecule has 0 aromatic heterocycles. The molecule has 2 aromatic carbocycles. The molecule has 0 fully saturated rings. The second-order valence-corrected chi connectivity index (χ2v) is 4.49. The largest absolute Gasteiger partial charge is 0.334 e. The molecular formula is C14H11ClF2N2O. The Labute approximate surface area is 119 Å². The zero-order valence-electron chi connectivity index (χ0n) is 10.3. The molecule has 0 aliphatic carbocycles. The number of urea groups is 1. The SMILES string of the molecule is O=C(NCc1ccc(Cl)cc1F)Nc1cccc(F)c1. The Bertz CT molecular complexity index is 634. The number of hydrogen-bond acceptors (Lipinski definition) is 1. The maximum Gasteiger partial charge on any atom is 0.319 e. The molecule has 0 aliphatic heterocycles. The molecule has 0 aliphatic rings. The van der Waals surface area contributed by atoms with Crippen molar-refractivity contribution in [1.82, 2.24) is 5.32 Å². The van der Waals surface area contributed by atoms with Crippen LogP contribution in [0.15, 0.2) is 42.5 Å². The summed E-state index contributed by atoms with van der Waals surface area (Å²) in [5, 5.41) is 5.20. The van der Waals surface area contributed by atoms with Crippen LogP contribution in [0.4, 0.5) is 19.3 Å². The number of hydrogen-bond donors (Lipinski definition) is 2. The fourth-order valence-electron chi connectivity index (χ4n) is 1.58. The average molecular weight is 297 g/mol. The first kappa shape index (κ1) is 14.3. The molecule has 0 heterocycles. The molecule has 2 rings (SSSR count). The molecule has 0 radical (unpaired) electrons. The van der Waals surface area contributed by atoms with Gasteiger partial charge in [0, 0.05) is 22.8 Å². The molecule has 0 saturated heterocycles. The molecule has 0 saturated carbocycles. The molecule has 3 nitrogen and oxygen atoms in total. The number of benzene rings is 2. The van der Waals surface area contributed by atoms with E-state index in [1.54, 1.807) is 6.07 Å². The number of halogens is 3. The van der Waals surface area contributed by atoms with E-state index in [0.29, 0.717) is 11.3 Å². The van der Waals surface area contributed by atoms with Crippen LogP contribution in [0.2, 0.25) is 5.02 Å². The van der Waals surface area contributed by atoms with Crippen molar-refractivity contribution in [3.63, 3.8) is 0 Å². The standard InChI is InChI=1S/C14H11ClF2N2O/c15-10-5-4-9(13(17)6-10)8-18-14(20)19-12-3-1-2-11(16)7-12/h1-7H,8H2,(H2,18,19,20). The van der Waals surface area contributed by atoms with Crippen LogP contribution in [0, 0.1) is 11.6 Å². The number of anilines is 1. The van der Waals surface area contributed by atoms with Gasteiger partial charge in [0.2, 0.25) is 0 Å². The van der Waals surface area contributed by atoms with E-state index in [9.17, 15) is 13.6 Å². The van der Waals surface area contributed by atoms with Crippen molar-refractivity contribution in [2.24, 2.45) is 0 Å². The quantitative estimate of drug-likeness (QED) is 0.885. The summed E-state index contributed by atoms with van der Waals surface area (Å²) in [4.78, 5) is 11.6. The summed E-state index contributed by atoms with van der Waals surface area (Å²) in [6.07, 6.45) is 0. The third-order valence-electron chi connectivity index (χ3n) is 2.54. The molecular weight excluding hydrogens is 286 g/mol. The van der Waals surface area contributed by atoms with Gasteiger partial charge in [0.05, 0.1) is 0 Å². The lowest BCUT2D eigenvalue weighted by Crippen LogP contribution is -2.28. The normalized spacial score (nSPS) is 10.2. The van der Waals surface area contributed by atoms with Crippen LogP contribution in [0.25, 0.3) is 0 Å². The van der Waals surface area contributed by atoms with Gasteiger partial charge >= 0.3 is 6.03 Å². The molecule has 0 bridgehead atoms. The number of rotatable bonds is 3. The van der Waals surface area contributed by atoms with E-state index in [0.717, 1.165) is 0 Å². The van der Waals surface area contributed by atoms with Crippen LogP contribution in [0.3, 0.4) is 0 Å². The smallest absolute Gasteiger partial charge is 0.319 e. The molecule has 6 heteroatoms. The van der Waals surface area contributed by atoms with E-state index in [1.807, 2.05) is 0 Å². The number of carbonyl (C=O) groups is 1. The van der Waals surface area contributed by atoms with Gasteiger partial charge < -0.3 is 10.6 Å². The van der Waals surface area contributed by atoms with Gasteiger partial charge in [-0.25, -0.2) is 13.6 Å². The Morgan fingerprint density at radius 2 is 1.95 bits per heavy atom. The van der Waals surface area contributed by atoms with Crippen molar-refractivity contribution in [2.75, 3.05) is 5.32 Å². The van der Waals surface area contributed by atoms with E-state index >= 15 is 0 Å².